The number of hydrogen-bond acceptors (Lipinski definition) is 3. The van der Waals surface area contributed by atoms with Crippen molar-refractivity contribution in [1.82, 2.24) is 5.32 Å². The molecule has 0 spiro atoms. The normalized spacial score (nSPS) is 20.6. The highest BCUT2D eigenvalue weighted by Gasteiger charge is 2.16. The molecule has 0 bridgehead atoms. The highest BCUT2D eigenvalue weighted by Crippen LogP contribution is 2.18. The average Bonchev–Trinajstić information content (AvgIpc) is 2.55. The van der Waals surface area contributed by atoms with E-state index >= 15 is 0 Å². The average molecular weight is 228 g/mol. The summed E-state index contributed by atoms with van der Waals surface area (Å²) in [5.41, 5.74) is 5.56. The van der Waals surface area contributed by atoms with Gasteiger partial charge in [0.05, 0.1) is 6.61 Å². The van der Waals surface area contributed by atoms with Gasteiger partial charge in [0, 0.05) is 19.2 Å². The van der Waals surface area contributed by atoms with E-state index in [-0.39, 0.29) is 0 Å². The van der Waals surface area contributed by atoms with Crippen LogP contribution in [0.25, 0.3) is 0 Å². The zero-order valence-corrected chi connectivity index (χ0v) is 10.7. The van der Waals surface area contributed by atoms with Crippen LogP contribution in [0.3, 0.4) is 0 Å². The fourth-order valence-electron chi connectivity index (χ4n) is 2.56. The molecule has 3 nitrogen and oxygen atoms in total. The molecule has 0 saturated heterocycles. The second kappa shape index (κ2) is 8.97. The predicted molar refractivity (Wildman–Crippen MR) is 68.6 cm³/mol. The molecular formula is C13H28N2O. The second-order valence-corrected chi connectivity index (χ2v) is 4.94. The molecule has 0 aliphatic heterocycles. The lowest BCUT2D eigenvalue weighted by Gasteiger charge is -2.24. The SMILES string of the molecule is COCC(CCCN)NC1CCCCCC1. The van der Waals surface area contributed by atoms with E-state index in [1.807, 2.05) is 0 Å². The number of rotatable bonds is 7. The molecule has 16 heavy (non-hydrogen) atoms. The minimum absolute atomic E-state index is 0.497. The van der Waals surface area contributed by atoms with Crippen molar-refractivity contribution in [3.63, 3.8) is 0 Å². The van der Waals surface area contributed by atoms with Crippen LogP contribution in [0.15, 0.2) is 0 Å². The maximum atomic E-state index is 5.56. The van der Waals surface area contributed by atoms with E-state index in [0.29, 0.717) is 12.1 Å². The molecule has 0 heterocycles. The molecule has 1 saturated carbocycles. The molecular weight excluding hydrogens is 200 g/mol. The Morgan fingerprint density at radius 2 is 1.94 bits per heavy atom. The maximum absolute atomic E-state index is 5.56. The van der Waals surface area contributed by atoms with Crippen molar-refractivity contribution >= 4 is 0 Å². The van der Waals surface area contributed by atoms with Gasteiger partial charge in [0.1, 0.15) is 0 Å². The van der Waals surface area contributed by atoms with Crippen molar-refractivity contribution in [1.29, 1.82) is 0 Å². The predicted octanol–water partition coefficient (Wildman–Crippen LogP) is 2.05. The molecule has 1 atom stereocenters. The summed E-state index contributed by atoms with van der Waals surface area (Å²) in [5.74, 6) is 0. The van der Waals surface area contributed by atoms with Crippen LogP contribution in [0.2, 0.25) is 0 Å². The third kappa shape index (κ3) is 5.83. The topological polar surface area (TPSA) is 47.3 Å². The van der Waals surface area contributed by atoms with E-state index in [9.17, 15) is 0 Å². The Balaban J connectivity index is 2.27. The quantitative estimate of drug-likeness (QED) is 0.656. The van der Waals surface area contributed by atoms with Crippen molar-refractivity contribution in [3.05, 3.63) is 0 Å². The molecule has 0 radical (unpaired) electrons. The molecule has 1 unspecified atom stereocenters. The lowest BCUT2D eigenvalue weighted by Crippen LogP contribution is -2.41. The summed E-state index contributed by atoms with van der Waals surface area (Å²) in [7, 11) is 1.78. The van der Waals surface area contributed by atoms with Crippen LogP contribution < -0.4 is 11.1 Å². The molecule has 0 aromatic heterocycles. The third-order valence-electron chi connectivity index (χ3n) is 3.45. The Bertz CT molecular complexity index is 156. The number of ether oxygens (including phenoxy) is 1. The van der Waals surface area contributed by atoms with Gasteiger partial charge in [-0.2, -0.15) is 0 Å². The van der Waals surface area contributed by atoms with Gasteiger partial charge in [0.15, 0.2) is 0 Å². The van der Waals surface area contributed by atoms with Crippen molar-refractivity contribution in [3.8, 4) is 0 Å². The van der Waals surface area contributed by atoms with Crippen LogP contribution in [0.4, 0.5) is 0 Å². The first-order valence-electron chi connectivity index (χ1n) is 6.82. The Labute approximate surface area is 100 Å². The van der Waals surface area contributed by atoms with Gasteiger partial charge < -0.3 is 15.8 Å². The zero-order valence-electron chi connectivity index (χ0n) is 10.7. The minimum atomic E-state index is 0.497. The van der Waals surface area contributed by atoms with Gasteiger partial charge in [0.2, 0.25) is 0 Å². The van der Waals surface area contributed by atoms with Gasteiger partial charge in [-0.05, 0) is 32.2 Å². The smallest absolute Gasteiger partial charge is 0.0615 e. The molecule has 1 rings (SSSR count). The lowest BCUT2D eigenvalue weighted by molar-refractivity contribution is 0.153. The van der Waals surface area contributed by atoms with Crippen LogP contribution in [0.1, 0.15) is 51.4 Å². The minimum Gasteiger partial charge on any atom is -0.383 e. The largest absolute Gasteiger partial charge is 0.383 e. The van der Waals surface area contributed by atoms with E-state index < -0.39 is 0 Å². The second-order valence-electron chi connectivity index (χ2n) is 4.94. The maximum Gasteiger partial charge on any atom is 0.0615 e. The van der Waals surface area contributed by atoms with Gasteiger partial charge in [-0.3, -0.25) is 0 Å². The van der Waals surface area contributed by atoms with Gasteiger partial charge in [0.25, 0.3) is 0 Å². The summed E-state index contributed by atoms with van der Waals surface area (Å²) in [4.78, 5) is 0. The standard InChI is InChI=1S/C13H28N2O/c1-16-11-13(9-6-10-14)15-12-7-4-2-3-5-8-12/h12-13,15H,2-11,14H2,1H3. The molecule has 0 aromatic rings. The van der Waals surface area contributed by atoms with Gasteiger partial charge in [-0.25, -0.2) is 0 Å². The van der Waals surface area contributed by atoms with Gasteiger partial charge in [-0.15, -0.1) is 0 Å². The number of nitrogens with one attached hydrogen (secondary N) is 1. The molecule has 1 aliphatic rings. The van der Waals surface area contributed by atoms with E-state index in [4.69, 9.17) is 10.5 Å². The first kappa shape index (κ1) is 13.9. The Morgan fingerprint density at radius 3 is 2.50 bits per heavy atom. The van der Waals surface area contributed by atoms with Crippen molar-refractivity contribution < 1.29 is 4.74 Å². The Kier molecular flexibility index (Phi) is 7.81. The molecule has 96 valence electrons. The molecule has 1 aliphatic carbocycles. The number of hydrogen-bond donors (Lipinski definition) is 2. The van der Waals surface area contributed by atoms with E-state index in [2.05, 4.69) is 5.32 Å². The lowest BCUT2D eigenvalue weighted by atomic mass is 10.1. The number of nitrogens with two attached hydrogens (primary N) is 1. The van der Waals surface area contributed by atoms with E-state index in [1.54, 1.807) is 7.11 Å². The Morgan fingerprint density at radius 1 is 1.25 bits per heavy atom. The van der Waals surface area contributed by atoms with Crippen molar-refractivity contribution in [2.24, 2.45) is 5.73 Å². The molecule has 3 heteroatoms. The summed E-state index contributed by atoms with van der Waals surface area (Å²) in [6.07, 6.45) is 10.5. The first-order chi connectivity index (χ1) is 7.86. The van der Waals surface area contributed by atoms with Crippen LogP contribution in [-0.4, -0.2) is 32.3 Å². The number of methoxy groups -OCH3 is 1. The van der Waals surface area contributed by atoms with E-state index in [0.717, 1.165) is 26.0 Å². The van der Waals surface area contributed by atoms with Crippen LogP contribution in [-0.2, 0) is 4.74 Å². The van der Waals surface area contributed by atoms with Crippen LogP contribution in [0.5, 0.6) is 0 Å². The van der Waals surface area contributed by atoms with E-state index in [1.165, 1.54) is 38.5 Å². The molecule has 0 aromatic carbocycles. The van der Waals surface area contributed by atoms with Crippen molar-refractivity contribution in [2.45, 2.75) is 63.5 Å². The van der Waals surface area contributed by atoms with Gasteiger partial charge >= 0.3 is 0 Å². The fraction of sp³-hybridized carbons (Fsp3) is 1.00. The third-order valence-corrected chi connectivity index (χ3v) is 3.45. The highest BCUT2D eigenvalue weighted by molar-refractivity contribution is 4.76. The summed E-state index contributed by atoms with van der Waals surface area (Å²) >= 11 is 0. The molecule has 3 N–H and O–H groups in total. The van der Waals surface area contributed by atoms with Crippen LogP contribution in [0, 0.1) is 0 Å². The summed E-state index contributed by atoms with van der Waals surface area (Å²) in [6, 6.07) is 1.21. The molecule has 1 fully saturated rings. The monoisotopic (exact) mass is 228 g/mol. The summed E-state index contributed by atoms with van der Waals surface area (Å²) in [5, 5.41) is 3.75. The summed E-state index contributed by atoms with van der Waals surface area (Å²) in [6.45, 7) is 1.60. The highest BCUT2D eigenvalue weighted by atomic mass is 16.5. The first-order valence-corrected chi connectivity index (χ1v) is 6.82. The molecule has 0 amide bonds. The Hall–Kier alpha value is -0.120. The zero-order chi connectivity index (χ0) is 11.6. The van der Waals surface area contributed by atoms with Gasteiger partial charge in [-0.1, -0.05) is 25.7 Å². The fourth-order valence-corrected chi connectivity index (χ4v) is 2.56. The summed E-state index contributed by atoms with van der Waals surface area (Å²) < 4.78 is 5.27. The van der Waals surface area contributed by atoms with Crippen LogP contribution >= 0.6 is 0 Å². The van der Waals surface area contributed by atoms with Crippen molar-refractivity contribution in [2.75, 3.05) is 20.3 Å².